The van der Waals surface area contributed by atoms with E-state index < -0.39 is 72.2 Å². The van der Waals surface area contributed by atoms with Gasteiger partial charge in [-0.05, 0) is 13.3 Å². The first-order chi connectivity index (χ1) is 16.3. The van der Waals surface area contributed by atoms with E-state index in [1.165, 1.54) is 12.5 Å². The van der Waals surface area contributed by atoms with E-state index in [1.54, 1.807) is 0 Å². The molecule has 35 heavy (non-hydrogen) atoms. The molecule has 12 N–H and O–H groups in total. The lowest BCUT2D eigenvalue weighted by Crippen LogP contribution is -2.59. The van der Waals surface area contributed by atoms with Crippen LogP contribution in [0.4, 0.5) is 0 Å². The van der Waals surface area contributed by atoms with E-state index in [0.717, 1.165) is 6.92 Å². The van der Waals surface area contributed by atoms with Crippen molar-refractivity contribution in [3.63, 3.8) is 0 Å². The molecule has 0 saturated heterocycles. The highest BCUT2D eigenvalue weighted by Crippen LogP contribution is 2.04. The average Bonchev–Trinajstić information content (AvgIpc) is 3.26. The molecule has 0 saturated carbocycles. The number of aliphatic carboxylic acids is 1. The number of aliphatic hydroxyl groups is 1. The molecular formula is C19H30N8O8. The average molecular weight is 498 g/mol. The van der Waals surface area contributed by atoms with Crippen LogP contribution in [0, 0.1) is 0 Å². The molecule has 5 amide bonds. The Kier molecular flexibility index (Phi) is 11.3. The van der Waals surface area contributed by atoms with Crippen LogP contribution in [0.25, 0.3) is 0 Å². The maximum absolute atomic E-state index is 13.0. The van der Waals surface area contributed by atoms with Crippen molar-refractivity contribution in [3.8, 4) is 0 Å². The highest BCUT2D eigenvalue weighted by atomic mass is 16.4. The number of aliphatic hydroxyl groups excluding tert-OH is 1. The number of primary amides is 2. The molecule has 5 atom stereocenters. The van der Waals surface area contributed by atoms with E-state index in [4.69, 9.17) is 22.3 Å². The predicted octanol–water partition coefficient (Wildman–Crippen LogP) is -4.66. The standard InChI is InChI=1S/C19H30N8O8/c1-8(28)15(19(34)35)27-18(33)12(5-14(22)30)26-17(32)11(4-9-6-23-7-24-9)25-16(31)10(20)2-3-13(21)29/h6-8,10-12,15,28H,2-5,20H2,1H3,(H2,21,29)(H2,22,30)(H,23,24)(H,25,31)(H,26,32)(H,27,33)(H,34,35). The Hall–Kier alpha value is -4.05. The van der Waals surface area contributed by atoms with Gasteiger partial charge in [0.1, 0.15) is 12.1 Å². The lowest BCUT2D eigenvalue weighted by molar-refractivity contribution is -0.145. The number of nitrogens with two attached hydrogens (primary N) is 3. The largest absolute Gasteiger partial charge is 0.480 e. The zero-order chi connectivity index (χ0) is 26.7. The van der Waals surface area contributed by atoms with Crippen LogP contribution < -0.4 is 33.2 Å². The Morgan fingerprint density at radius 1 is 1.00 bits per heavy atom. The molecule has 1 aromatic heterocycles. The smallest absolute Gasteiger partial charge is 0.328 e. The summed E-state index contributed by atoms with van der Waals surface area (Å²) >= 11 is 0. The predicted molar refractivity (Wildman–Crippen MR) is 118 cm³/mol. The number of imidazole rings is 1. The molecule has 1 heterocycles. The minimum absolute atomic E-state index is 0.0812. The number of amides is 5. The van der Waals surface area contributed by atoms with Crippen molar-refractivity contribution >= 4 is 35.5 Å². The van der Waals surface area contributed by atoms with E-state index in [0.29, 0.717) is 5.69 Å². The maximum atomic E-state index is 13.0. The fourth-order valence-electron chi connectivity index (χ4n) is 2.86. The van der Waals surface area contributed by atoms with Crippen molar-refractivity contribution in [2.24, 2.45) is 17.2 Å². The molecule has 0 fully saturated rings. The first-order valence-electron chi connectivity index (χ1n) is 10.4. The third-order valence-electron chi connectivity index (χ3n) is 4.73. The Morgan fingerprint density at radius 3 is 2.09 bits per heavy atom. The molecule has 16 nitrogen and oxygen atoms in total. The van der Waals surface area contributed by atoms with Crippen molar-refractivity contribution < 1.29 is 39.0 Å². The third kappa shape index (κ3) is 10.2. The SMILES string of the molecule is CC(O)C(NC(=O)C(CC(N)=O)NC(=O)C(Cc1cnc[nH]1)NC(=O)C(N)CCC(N)=O)C(=O)O. The number of carboxylic acids is 1. The summed E-state index contributed by atoms with van der Waals surface area (Å²) in [6.07, 6.45) is 0.144. The van der Waals surface area contributed by atoms with Gasteiger partial charge in [-0.2, -0.15) is 0 Å². The number of H-pyrrole nitrogens is 1. The first kappa shape index (κ1) is 29.0. The summed E-state index contributed by atoms with van der Waals surface area (Å²) in [5, 5.41) is 25.4. The number of aromatic amines is 1. The van der Waals surface area contributed by atoms with Crippen LogP contribution in [-0.4, -0.2) is 86.0 Å². The van der Waals surface area contributed by atoms with Crippen LogP contribution in [0.1, 0.15) is 31.9 Å². The summed E-state index contributed by atoms with van der Waals surface area (Å²) in [5.41, 5.74) is 16.4. The van der Waals surface area contributed by atoms with Gasteiger partial charge in [0, 0.05) is 24.7 Å². The van der Waals surface area contributed by atoms with Gasteiger partial charge in [-0.15, -0.1) is 0 Å². The number of carboxylic acid groups (broad SMARTS) is 1. The number of carbonyl (C=O) groups is 6. The summed E-state index contributed by atoms with van der Waals surface area (Å²) < 4.78 is 0. The van der Waals surface area contributed by atoms with Gasteiger partial charge in [-0.25, -0.2) is 9.78 Å². The third-order valence-corrected chi connectivity index (χ3v) is 4.73. The molecule has 16 heteroatoms. The number of hydrogen-bond donors (Lipinski definition) is 9. The summed E-state index contributed by atoms with van der Waals surface area (Å²) in [6, 6.07) is -5.84. The second kappa shape index (κ2) is 13.6. The minimum atomic E-state index is -1.72. The quantitative estimate of drug-likeness (QED) is 0.111. The first-order valence-corrected chi connectivity index (χ1v) is 10.4. The zero-order valence-corrected chi connectivity index (χ0v) is 18.9. The van der Waals surface area contributed by atoms with Crippen LogP contribution in [0.3, 0.4) is 0 Å². The van der Waals surface area contributed by atoms with Crippen molar-refractivity contribution in [1.29, 1.82) is 0 Å². The molecule has 194 valence electrons. The zero-order valence-electron chi connectivity index (χ0n) is 18.9. The maximum Gasteiger partial charge on any atom is 0.328 e. The number of carbonyl (C=O) groups excluding carboxylic acids is 5. The molecule has 0 aromatic carbocycles. The molecule has 0 aliphatic carbocycles. The van der Waals surface area contributed by atoms with E-state index in [-0.39, 0.29) is 19.3 Å². The van der Waals surface area contributed by atoms with E-state index in [1.807, 2.05) is 5.32 Å². The van der Waals surface area contributed by atoms with Crippen molar-refractivity contribution in [2.75, 3.05) is 0 Å². The van der Waals surface area contributed by atoms with Gasteiger partial charge in [-0.1, -0.05) is 0 Å². The molecular weight excluding hydrogens is 468 g/mol. The monoisotopic (exact) mass is 498 g/mol. The van der Waals surface area contributed by atoms with Gasteiger partial charge in [0.15, 0.2) is 6.04 Å². The number of nitrogens with one attached hydrogen (secondary N) is 4. The van der Waals surface area contributed by atoms with Crippen LogP contribution in [-0.2, 0) is 35.2 Å². The van der Waals surface area contributed by atoms with Crippen LogP contribution in [0.5, 0.6) is 0 Å². The summed E-state index contributed by atoms with van der Waals surface area (Å²) in [6.45, 7) is 1.12. The number of hydrogen-bond acceptors (Lipinski definition) is 9. The Bertz CT molecular complexity index is 920. The molecule has 0 spiro atoms. The van der Waals surface area contributed by atoms with Crippen molar-refractivity contribution in [3.05, 3.63) is 18.2 Å². The van der Waals surface area contributed by atoms with Crippen LogP contribution in [0.2, 0.25) is 0 Å². The summed E-state index contributed by atoms with van der Waals surface area (Å²) in [5.74, 6) is -6.03. The van der Waals surface area contributed by atoms with Gasteiger partial charge in [0.2, 0.25) is 29.5 Å². The second-order valence-corrected chi connectivity index (χ2v) is 7.75. The van der Waals surface area contributed by atoms with Crippen molar-refractivity contribution in [1.82, 2.24) is 25.9 Å². The van der Waals surface area contributed by atoms with Gasteiger partial charge in [-0.3, -0.25) is 24.0 Å². The van der Waals surface area contributed by atoms with Crippen LogP contribution in [0.15, 0.2) is 12.5 Å². The molecule has 5 unspecified atom stereocenters. The fraction of sp³-hybridized carbons (Fsp3) is 0.526. The fourth-order valence-corrected chi connectivity index (χ4v) is 2.86. The van der Waals surface area contributed by atoms with E-state index >= 15 is 0 Å². The summed E-state index contributed by atoms with van der Waals surface area (Å²) in [4.78, 5) is 78.2. The van der Waals surface area contributed by atoms with Gasteiger partial charge < -0.3 is 48.3 Å². The molecule has 0 bridgehead atoms. The molecule has 0 radical (unpaired) electrons. The number of aromatic nitrogens is 2. The van der Waals surface area contributed by atoms with Crippen LogP contribution >= 0.6 is 0 Å². The summed E-state index contributed by atoms with van der Waals surface area (Å²) in [7, 11) is 0. The van der Waals surface area contributed by atoms with E-state index in [2.05, 4.69) is 20.6 Å². The van der Waals surface area contributed by atoms with Gasteiger partial charge in [0.25, 0.3) is 0 Å². The topological polar surface area (TPSA) is 286 Å². The highest BCUT2D eigenvalue weighted by molar-refractivity contribution is 5.96. The molecule has 0 aliphatic heterocycles. The lowest BCUT2D eigenvalue weighted by atomic mass is 10.1. The lowest BCUT2D eigenvalue weighted by Gasteiger charge is -2.25. The van der Waals surface area contributed by atoms with Crippen molar-refractivity contribution in [2.45, 2.75) is 62.9 Å². The second-order valence-electron chi connectivity index (χ2n) is 7.75. The molecule has 1 aromatic rings. The Balaban J connectivity index is 3.05. The number of rotatable bonds is 15. The number of nitrogens with zero attached hydrogens (tertiary/aromatic N) is 1. The normalized spacial score (nSPS) is 15.1. The molecule has 1 rings (SSSR count). The Morgan fingerprint density at radius 2 is 1.60 bits per heavy atom. The molecule has 0 aliphatic rings. The Labute approximate surface area is 199 Å². The highest BCUT2D eigenvalue weighted by Gasteiger charge is 2.33. The minimum Gasteiger partial charge on any atom is -0.480 e. The van der Waals surface area contributed by atoms with Gasteiger partial charge >= 0.3 is 5.97 Å². The van der Waals surface area contributed by atoms with Gasteiger partial charge in [0.05, 0.1) is 24.9 Å². The van der Waals surface area contributed by atoms with E-state index in [9.17, 15) is 33.9 Å².